The number of phenols is 1. The number of hydrogen-bond acceptors (Lipinski definition) is 4. The number of phenolic OH excluding ortho intramolecular Hbond substituents is 1. The van der Waals surface area contributed by atoms with Crippen LogP contribution in [0.3, 0.4) is 0 Å². The van der Waals surface area contributed by atoms with Gasteiger partial charge in [-0.3, -0.25) is 0 Å². The fraction of sp³-hybridized carbons (Fsp3) is 0.333. The predicted octanol–water partition coefficient (Wildman–Crippen LogP) is -0.0821. The fourth-order valence-electron chi connectivity index (χ4n) is 1.09. The third kappa shape index (κ3) is 2.41. The Kier molecular flexibility index (Phi) is 3.40. The highest BCUT2D eigenvalue weighted by Gasteiger charge is 2.18. The van der Waals surface area contributed by atoms with Gasteiger partial charge < -0.3 is 20.4 Å². The lowest BCUT2D eigenvalue weighted by Crippen LogP contribution is -2.22. The summed E-state index contributed by atoms with van der Waals surface area (Å²) in [5.74, 6) is -1.06. The van der Waals surface area contributed by atoms with Crippen LogP contribution in [0.1, 0.15) is 11.7 Å². The minimum absolute atomic E-state index is 0.0176. The average Bonchev–Trinajstić information content (AvgIpc) is 2.14. The molecule has 4 N–H and O–H groups in total. The van der Waals surface area contributed by atoms with Crippen molar-refractivity contribution in [2.24, 2.45) is 0 Å². The molecule has 0 aromatic heterocycles. The summed E-state index contributed by atoms with van der Waals surface area (Å²) in [6.45, 7) is -0.640. The normalized spacial score (nSPS) is 15.1. The first kappa shape index (κ1) is 10.9. The highest BCUT2D eigenvalue weighted by Crippen LogP contribution is 2.22. The maximum atomic E-state index is 12.7. The Morgan fingerprint density at radius 2 is 1.86 bits per heavy atom. The van der Waals surface area contributed by atoms with Gasteiger partial charge in [0.1, 0.15) is 23.8 Å². The summed E-state index contributed by atoms with van der Waals surface area (Å²) in [7, 11) is 0. The Bertz CT molecular complexity index is 295. The molecule has 0 fully saturated rings. The molecule has 0 saturated carbocycles. The standard InChI is InChI=1S/C9H11FO4/c10-6-1-5(2-7(12)3-6)9(14)8(13)4-11/h1-3,8-9,11-14H,4H2. The van der Waals surface area contributed by atoms with Crippen LogP contribution in [0.15, 0.2) is 18.2 Å². The molecule has 0 spiro atoms. The molecule has 0 radical (unpaired) electrons. The van der Waals surface area contributed by atoms with Gasteiger partial charge in [0, 0.05) is 6.07 Å². The number of aliphatic hydroxyl groups excluding tert-OH is 3. The van der Waals surface area contributed by atoms with Crippen LogP contribution in [-0.2, 0) is 0 Å². The van der Waals surface area contributed by atoms with Gasteiger partial charge >= 0.3 is 0 Å². The van der Waals surface area contributed by atoms with E-state index in [9.17, 15) is 9.50 Å². The minimum Gasteiger partial charge on any atom is -0.508 e. The molecule has 1 aromatic rings. The fourth-order valence-corrected chi connectivity index (χ4v) is 1.09. The minimum atomic E-state index is -1.42. The summed E-state index contributed by atoms with van der Waals surface area (Å²) >= 11 is 0. The lowest BCUT2D eigenvalue weighted by atomic mass is 10.0. The summed E-state index contributed by atoms with van der Waals surface area (Å²) in [6.07, 6.45) is -2.81. The van der Waals surface area contributed by atoms with E-state index in [1.54, 1.807) is 0 Å². The van der Waals surface area contributed by atoms with Gasteiger partial charge in [-0.2, -0.15) is 0 Å². The van der Waals surface area contributed by atoms with E-state index in [0.29, 0.717) is 0 Å². The molecule has 0 amide bonds. The monoisotopic (exact) mass is 202 g/mol. The number of aromatic hydroxyl groups is 1. The zero-order chi connectivity index (χ0) is 10.7. The molecule has 0 saturated heterocycles. The lowest BCUT2D eigenvalue weighted by Gasteiger charge is -2.15. The van der Waals surface area contributed by atoms with Crippen LogP contribution < -0.4 is 0 Å². The molecule has 0 bridgehead atoms. The van der Waals surface area contributed by atoms with Crippen molar-refractivity contribution >= 4 is 0 Å². The Labute approximate surface area is 79.9 Å². The van der Waals surface area contributed by atoms with E-state index in [1.807, 2.05) is 0 Å². The summed E-state index contributed by atoms with van der Waals surface area (Å²) < 4.78 is 12.7. The molecule has 0 aliphatic rings. The number of hydrogen-bond donors (Lipinski definition) is 4. The number of rotatable bonds is 3. The summed E-state index contributed by atoms with van der Waals surface area (Å²) in [4.78, 5) is 0. The summed E-state index contributed by atoms with van der Waals surface area (Å²) in [5.41, 5.74) is 0.0176. The van der Waals surface area contributed by atoms with E-state index in [1.165, 1.54) is 0 Å². The molecule has 78 valence electrons. The highest BCUT2D eigenvalue weighted by atomic mass is 19.1. The van der Waals surface area contributed by atoms with Gasteiger partial charge in [-0.05, 0) is 17.7 Å². The SMILES string of the molecule is OCC(O)C(O)c1cc(O)cc(F)c1. The van der Waals surface area contributed by atoms with Crippen LogP contribution in [0.4, 0.5) is 4.39 Å². The second-order valence-corrected chi connectivity index (χ2v) is 2.94. The molecule has 0 heterocycles. The molecular formula is C9H11FO4. The second kappa shape index (κ2) is 4.36. The number of benzene rings is 1. The largest absolute Gasteiger partial charge is 0.508 e. The maximum absolute atomic E-state index is 12.7. The van der Waals surface area contributed by atoms with Crippen LogP contribution in [0.5, 0.6) is 5.75 Å². The molecule has 1 aromatic carbocycles. The molecular weight excluding hydrogens is 191 g/mol. The predicted molar refractivity (Wildman–Crippen MR) is 46.1 cm³/mol. The maximum Gasteiger partial charge on any atom is 0.127 e. The van der Waals surface area contributed by atoms with Gasteiger partial charge in [0.25, 0.3) is 0 Å². The van der Waals surface area contributed by atoms with Crippen molar-refractivity contribution in [2.45, 2.75) is 12.2 Å². The molecule has 14 heavy (non-hydrogen) atoms. The third-order valence-corrected chi connectivity index (χ3v) is 1.80. The zero-order valence-corrected chi connectivity index (χ0v) is 7.26. The van der Waals surface area contributed by atoms with Crippen LogP contribution in [0, 0.1) is 5.82 Å². The third-order valence-electron chi connectivity index (χ3n) is 1.80. The first-order valence-electron chi connectivity index (χ1n) is 4.01. The quantitative estimate of drug-likeness (QED) is 0.552. The summed E-state index contributed by atoms with van der Waals surface area (Å²) in [5, 5.41) is 35.9. The van der Waals surface area contributed by atoms with Crippen LogP contribution in [0.2, 0.25) is 0 Å². The topological polar surface area (TPSA) is 80.9 Å². The first-order chi connectivity index (χ1) is 6.54. The molecule has 2 unspecified atom stereocenters. The van der Waals surface area contributed by atoms with Crippen molar-refractivity contribution in [3.05, 3.63) is 29.6 Å². The zero-order valence-electron chi connectivity index (χ0n) is 7.26. The first-order valence-corrected chi connectivity index (χ1v) is 4.01. The van der Waals surface area contributed by atoms with Crippen LogP contribution in [-0.4, -0.2) is 33.1 Å². The Hall–Kier alpha value is -1.17. The Morgan fingerprint density at radius 3 is 2.36 bits per heavy atom. The molecule has 2 atom stereocenters. The van der Waals surface area contributed by atoms with Crippen LogP contribution >= 0.6 is 0 Å². The number of halogens is 1. The van der Waals surface area contributed by atoms with E-state index in [0.717, 1.165) is 18.2 Å². The highest BCUT2D eigenvalue weighted by molar-refractivity contribution is 5.30. The van der Waals surface area contributed by atoms with Crippen molar-refractivity contribution in [3.63, 3.8) is 0 Å². The van der Waals surface area contributed by atoms with Crippen molar-refractivity contribution in [2.75, 3.05) is 6.61 Å². The number of aliphatic hydroxyl groups is 3. The van der Waals surface area contributed by atoms with Gasteiger partial charge in [0.05, 0.1) is 6.61 Å². The van der Waals surface area contributed by atoms with Gasteiger partial charge in [-0.1, -0.05) is 0 Å². The van der Waals surface area contributed by atoms with Crippen molar-refractivity contribution in [1.82, 2.24) is 0 Å². The smallest absolute Gasteiger partial charge is 0.127 e. The Balaban J connectivity index is 2.94. The van der Waals surface area contributed by atoms with Crippen LogP contribution in [0.25, 0.3) is 0 Å². The molecule has 4 nitrogen and oxygen atoms in total. The van der Waals surface area contributed by atoms with E-state index >= 15 is 0 Å². The Morgan fingerprint density at radius 1 is 1.21 bits per heavy atom. The van der Waals surface area contributed by atoms with E-state index in [4.69, 9.17) is 15.3 Å². The second-order valence-electron chi connectivity index (χ2n) is 2.94. The van der Waals surface area contributed by atoms with Gasteiger partial charge in [0.2, 0.25) is 0 Å². The molecule has 0 aliphatic heterocycles. The molecule has 0 aliphatic carbocycles. The molecule has 1 rings (SSSR count). The summed E-state index contributed by atoms with van der Waals surface area (Å²) in [6, 6.07) is 2.97. The van der Waals surface area contributed by atoms with Gasteiger partial charge in [-0.25, -0.2) is 4.39 Å². The van der Waals surface area contributed by atoms with Crippen molar-refractivity contribution in [3.8, 4) is 5.75 Å². The molecule has 5 heteroatoms. The van der Waals surface area contributed by atoms with E-state index < -0.39 is 24.6 Å². The van der Waals surface area contributed by atoms with Gasteiger partial charge in [0.15, 0.2) is 0 Å². The van der Waals surface area contributed by atoms with Crippen molar-refractivity contribution < 1.29 is 24.8 Å². The van der Waals surface area contributed by atoms with Crippen molar-refractivity contribution in [1.29, 1.82) is 0 Å². The average molecular weight is 202 g/mol. The lowest BCUT2D eigenvalue weighted by molar-refractivity contribution is -0.0154. The van der Waals surface area contributed by atoms with Gasteiger partial charge in [-0.15, -0.1) is 0 Å². The van der Waals surface area contributed by atoms with E-state index in [2.05, 4.69) is 0 Å². The van der Waals surface area contributed by atoms with E-state index in [-0.39, 0.29) is 11.3 Å².